The molecule has 1 fully saturated rings. The highest BCUT2D eigenvalue weighted by molar-refractivity contribution is 5.83. The normalized spacial score (nSPS) is 15.4. The van der Waals surface area contributed by atoms with Gasteiger partial charge in [-0.3, -0.25) is 4.79 Å². The molecule has 1 rings (SSSR count). The number of hydrogen-bond donors (Lipinski definition) is 1. The molecule has 1 aliphatic rings. The number of ketones is 1. The van der Waals surface area contributed by atoms with Gasteiger partial charge in [0.1, 0.15) is 5.78 Å². The Morgan fingerprint density at radius 1 is 0.902 bits per heavy atom. The van der Waals surface area contributed by atoms with E-state index >= 15 is 0 Å². The van der Waals surface area contributed by atoms with E-state index in [1.54, 1.807) is 0 Å². The first-order valence-corrected chi connectivity index (χ1v) is 15.3. The fraction of sp³-hybridized carbons (Fsp3) is 0.583. The van der Waals surface area contributed by atoms with Gasteiger partial charge in [-0.05, 0) is 89.0 Å². The van der Waals surface area contributed by atoms with Gasteiger partial charge in [0.15, 0.2) is 0 Å². The standard InChI is InChI=1S/C24H35F3.C6H11NO.C4H8.C2H6/c1-8-12-18(5)16-17-21(19(6)13-9-2)22(15-11-4)23(24(25,26)27)20(7)14-10-3;7-4-6(8)5-2-1-3-5;1-3-4-2;1-2/h10,13-14,16-17H,3,8-9,11-12,15H2,1-2,4-7H3;5H,1-4,7H2;3-4H,1-2H3;1-2H3/b18-16-,19-13-,20-14-,21-17+,23-22-;;4-3-;. The van der Waals surface area contributed by atoms with E-state index in [2.05, 4.69) is 13.5 Å². The zero-order chi connectivity index (χ0) is 32.4. The van der Waals surface area contributed by atoms with Crippen LogP contribution in [-0.4, -0.2) is 18.5 Å². The fourth-order valence-corrected chi connectivity index (χ4v) is 4.02. The molecule has 236 valence electrons. The second-order valence-corrected chi connectivity index (χ2v) is 9.79. The van der Waals surface area contributed by atoms with Gasteiger partial charge < -0.3 is 5.73 Å². The minimum atomic E-state index is -4.41. The maximum Gasteiger partial charge on any atom is 0.416 e. The van der Waals surface area contributed by atoms with Crippen LogP contribution >= 0.6 is 0 Å². The molecule has 5 heteroatoms. The van der Waals surface area contributed by atoms with Gasteiger partial charge in [-0.25, -0.2) is 0 Å². The highest BCUT2D eigenvalue weighted by Gasteiger charge is 2.37. The number of carbonyl (C=O) groups is 1. The Hall–Kier alpha value is -2.40. The van der Waals surface area contributed by atoms with Crippen LogP contribution in [0.3, 0.4) is 0 Å². The first-order valence-electron chi connectivity index (χ1n) is 15.3. The van der Waals surface area contributed by atoms with E-state index in [1.807, 2.05) is 85.8 Å². The van der Waals surface area contributed by atoms with Gasteiger partial charge in [0.2, 0.25) is 0 Å². The maximum atomic E-state index is 14.0. The minimum Gasteiger partial charge on any atom is -0.324 e. The smallest absolute Gasteiger partial charge is 0.324 e. The van der Waals surface area contributed by atoms with Crippen molar-refractivity contribution in [2.24, 2.45) is 11.7 Å². The van der Waals surface area contributed by atoms with Crippen molar-refractivity contribution in [1.82, 2.24) is 0 Å². The molecule has 1 aliphatic carbocycles. The predicted molar refractivity (Wildman–Crippen MR) is 176 cm³/mol. The van der Waals surface area contributed by atoms with Crippen molar-refractivity contribution >= 4 is 5.78 Å². The molecule has 0 heterocycles. The zero-order valence-corrected chi connectivity index (χ0v) is 27.8. The van der Waals surface area contributed by atoms with Crippen LogP contribution in [0.5, 0.6) is 0 Å². The second-order valence-electron chi connectivity index (χ2n) is 9.79. The van der Waals surface area contributed by atoms with Crippen molar-refractivity contribution in [3.63, 3.8) is 0 Å². The first-order chi connectivity index (χ1) is 19.4. The molecular weight excluding hydrogens is 519 g/mol. The van der Waals surface area contributed by atoms with E-state index in [9.17, 15) is 18.0 Å². The molecule has 0 aromatic rings. The first kappa shape index (κ1) is 43.1. The quantitative estimate of drug-likeness (QED) is 0.185. The Morgan fingerprint density at radius 3 is 1.76 bits per heavy atom. The number of hydrogen-bond acceptors (Lipinski definition) is 2. The maximum absolute atomic E-state index is 14.0. The number of allylic oxidation sites excluding steroid dienone is 13. The van der Waals surface area contributed by atoms with Crippen LogP contribution in [0.25, 0.3) is 0 Å². The zero-order valence-electron chi connectivity index (χ0n) is 27.8. The summed E-state index contributed by atoms with van der Waals surface area (Å²) in [5.74, 6) is 0.580. The lowest BCUT2D eigenvalue weighted by molar-refractivity contribution is -0.123. The van der Waals surface area contributed by atoms with Crippen LogP contribution in [0.1, 0.15) is 121 Å². The Kier molecular flexibility index (Phi) is 27.8. The van der Waals surface area contributed by atoms with E-state index in [1.165, 1.54) is 31.1 Å². The summed E-state index contributed by atoms with van der Waals surface area (Å²) in [7, 11) is 0. The van der Waals surface area contributed by atoms with Crippen molar-refractivity contribution in [3.05, 3.63) is 82.5 Å². The van der Waals surface area contributed by atoms with Gasteiger partial charge in [0, 0.05) is 5.92 Å². The average molecular weight is 580 g/mol. The molecule has 0 aromatic heterocycles. The summed E-state index contributed by atoms with van der Waals surface area (Å²) in [5.41, 5.74) is 7.89. The Labute approximate surface area is 251 Å². The van der Waals surface area contributed by atoms with E-state index in [-0.39, 0.29) is 17.9 Å². The molecule has 0 saturated heterocycles. The number of alkyl halides is 3. The molecule has 0 spiro atoms. The molecule has 41 heavy (non-hydrogen) atoms. The number of nitrogens with two attached hydrogens (primary N) is 1. The Bertz CT molecular complexity index is 904. The summed E-state index contributed by atoms with van der Waals surface area (Å²) in [6.07, 6.45) is 15.4. The van der Waals surface area contributed by atoms with Crippen LogP contribution in [-0.2, 0) is 4.79 Å². The fourth-order valence-electron chi connectivity index (χ4n) is 4.02. The average Bonchev–Trinajstić information content (AvgIpc) is 2.89. The molecule has 0 aliphatic heterocycles. The molecule has 0 bridgehead atoms. The van der Waals surface area contributed by atoms with Crippen LogP contribution < -0.4 is 5.73 Å². The molecule has 1 saturated carbocycles. The highest BCUT2D eigenvalue weighted by atomic mass is 19.4. The SMILES string of the molecule is C/C=C\C.C=C\C=C(C)/C(=C(CCC)/C(=C/C=C(/C)CCC)C(/C)=C\CC)C(F)(F)F.CC.NCC(=O)C1CCC1. The van der Waals surface area contributed by atoms with Crippen LogP contribution in [0, 0.1) is 5.92 Å². The Balaban J connectivity index is -0.000000838. The molecule has 0 amide bonds. The largest absolute Gasteiger partial charge is 0.416 e. The second kappa shape index (κ2) is 26.5. The van der Waals surface area contributed by atoms with Gasteiger partial charge in [0.05, 0.1) is 12.1 Å². The number of carbonyl (C=O) groups excluding carboxylic acids is 1. The summed E-state index contributed by atoms with van der Waals surface area (Å²) in [6, 6.07) is 0. The molecule has 2 nitrogen and oxygen atoms in total. The number of Topliss-reactive ketones (excluding diaryl/α,β-unsaturated/α-hetero) is 1. The van der Waals surface area contributed by atoms with Crippen LogP contribution in [0.2, 0.25) is 0 Å². The minimum absolute atomic E-state index is 0.199. The van der Waals surface area contributed by atoms with Crippen molar-refractivity contribution in [2.45, 2.75) is 127 Å². The van der Waals surface area contributed by atoms with Gasteiger partial charge in [-0.2, -0.15) is 13.2 Å². The summed E-state index contributed by atoms with van der Waals surface area (Å²) >= 11 is 0. The van der Waals surface area contributed by atoms with Crippen LogP contribution in [0.4, 0.5) is 13.2 Å². The van der Waals surface area contributed by atoms with Crippen molar-refractivity contribution in [2.75, 3.05) is 6.54 Å². The molecule has 2 N–H and O–H groups in total. The van der Waals surface area contributed by atoms with Crippen LogP contribution in [0.15, 0.2) is 82.5 Å². The molecule has 0 unspecified atom stereocenters. The lowest BCUT2D eigenvalue weighted by atomic mass is 9.82. The highest BCUT2D eigenvalue weighted by Crippen LogP contribution is 2.39. The summed E-state index contributed by atoms with van der Waals surface area (Å²) in [6.45, 7) is 23.2. The predicted octanol–water partition coefficient (Wildman–Crippen LogP) is 11.7. The van der Waals surface area contributed by atoms with E-state index in [4.69, 9.17) is 5.73 Å². The summed E-state index contributed by atoms with van der Waals surface area (Å²) < 4.78 is 42.0. The molecule has 0 atom stereocenters. The Morgan fingerprint density at radius 2 is 1.44 bits per heavy atom. The van der Waals surface area contributed by atoms with Gasteiger partial charge >= 0.3 is 6.18 Å². The van der Waals surface area contributed by atoms with Crippen molar-refractivity contribution in [1.29, 1.82) is 0 Å². The van der Waals surface area contributed by atoms with Gasteiger partial charge in [0.25, 0.3) is 0 Å². The van der Waals surface area contributed by atoms with Crippen molar-refractivity contribution < 1.29 is 18.0 Å². The van der Waals surface area contributed by atoms with Gasteiger partial charge in [-0.1, -0.05) is 109 Å². The van der Waals surface area contributed by atoms with Gasteiger partial charge in [-0.15, -0.1) is 0 Å². The van der Waals surface area contributed by atoms with Crippen molar-refractivity contribution in [3.8, 4) is 0 Å². The van der Waals surface area contributed by atoms with E-state index in [0.717, 1.165) is 37.7 Å². The number of halogens is 3. The lowest BCUT2D eigenvalue weighted by Gasteiger charge is -2.22. The van der Waals surface area contributed by atoms with E-state index in [0.29, 0.717) is 29.9 Å². The topological polar surface area (TPSA) is 43.1 Å². The lowest BCUT2D eigenvalue weighted by Crippen LogP contribution is -2.27. The number of rotatable bonds is 12. The summed E-state index contributed by atoms with van der Waals surface area (Å²) in [5, 5.41) is 0. The third-order valence-corrected chi connectivity index (χ3v) is 6.38. The monoisotopic (exact) mass is 579 g/mol. The third kappa shape index (κ3) is 19.4. The summed E-state index contributed by atoms with van der Waals surface area (Å²) in [4.78, 5) is 10.7. The van der Waals surface area contributed by atoms with E-state index < -0.39 is 11.7 Å². The molecule has 0 aromatic carbocycles. The molecule has 0 radical (unpaired) electrons. The molecular formula is C36H60F3NO. The third-order valence-electron chi connectivity index (χ3n) is 6.38.